The average Bonchev–Trinajstić information content (AvgIpc) is 3.71. The van der Waals surface area contributed by atoms with Crippen molar-refractivity contribution < 1.29 is 24.2 Å². The van der Waals surface area contributed by atoms with E-state index < -0.39 is 6.29 Å². The van der Waals surface area contributed by atoms with Gasteiger partial charge in [0.05, 0.1) is 36.5 Å². The molecule has 7 rings (SSSR count). The number of fused-ring (bicyclic) bond motifs is 1. The van der Waals surface area contributed by atoms with Crippen molar-refractivity contribution in [1.82, 2.24) is 20.1 Å². The molecule has 0 aliphatic carbocycles. The molecule has 10 heteroatoms. The average molecular weight is 619 g/mol. The summed E-state index contributed by atoms with van der Waals surface area (Å²) >= 11 is 1.55. The van der Waals surface area contributed by atoms with Crippen LogP contribution in [0.1, 0.15) is 61.8 Å². The molecule has 1 fully saturated rings. The van der Waals surface area contributed by atoms with Gasteiger partial charge in [-0.25, -0.2) is 4.98 Å². The second-order valence-corrected chi connectivity index (χ2v) is 12.0. The number of amides is 2. The summed E-state index contributed by atoms with van der Waals surface area (Å²) in [6, 6.07) is 30.6. The Labute approximate surface area is 264 Å². The third-order valence-electron chi connectivity index (χ3n) is 8.13. The summed E-state index contributed by atoms with van der Waals surface area (Å²) in [5.41, 5.74) is 6.40. The zero-order chi connectivity index (χ0) is 30.8. The first-order valence-corrected chi connectivity index (χ1v) is 15.7. The Morgan fingerprint density at radius 1 is 0.822 bits per heavy atom. The van der Waals surface area contributed by atoms with Gasteiger partial charge in [0.15, 0.2) is 11.4 Å². The number of nitrogens with zero attached hydrogens (tertiary/aromatic N) is 3. The van der Waals surface area contributed by atoms with Crippen LogP contribution in [0.4, 0.5) is 0 Å². The standard InChI is InChI=1S/C35H30N4O5S/c40-19-22-9-11-24(12-10-22)31-17-27(20-45-35-36-21-37-38-35)43-34(44-31)25-15-13-23(14-16-25)28-6-2-1-5-26(28)18-39-32(41)29-7-3-4-8-30(29)33(39)42/h1-16,21,27,31,34,40H,17-20H2,(H,36,37,38)/t27-,31+,34+/m0/s1. The largest absolute Gasteiger partial charge is 0.392 e. The molecule has 2 aliphatic rings. The van der Waals surface area contributed by atoms with Gasteiger partial charge in [0.2, 0.25) is 0 Å². The van der Waals surface area contributed by atoms with Gasteiger partial charge >= 0.3 is 0 Å². The van der Waals surface area contributed by atoms with Gasteiger partial charge in [0.25, 0.3) is 11.8 Å². The van der Waals surface area contributed by atoms with Crippen LogP contribution in [0.15, 0.2) is 109 Å². The molecule has 2 amide bonds. The minimum atomic E-state index is -0.593. The van der Waals surface area contributed by atoms with E-state index >= 15 is 0 Å². The first-order valence-electron chi connectivity index (χ1n) is 14.7. The Kier molecular flexibility index (Phi) is 8.27. The van der Waals surface area contributed by atoms with Gasteiger partial charge in [-0.3, -0.25) is 19.6 Å². The molecule has 226 valence electrons. The van der Waals surface area contributed by atoms with Crippen molar-refractivity contribution in [2.75, 3.05) is 5.75 Å². The highest BCUT2D eigenvalue weighted by Crippen LogP contribution is 2.40. The molecule has 0 unspecified atom stereocenters. The fourth-order valence-electron chi connectivity index (χ4n) is 5.77. The zero-order valence-corrected chi connectivity index (χ0v) is 25.0. The first kappa shape index (κ1) is 29.1. The van der Waals surface area contributed by atoms with Gasteiger partial charge in [-0.2, -0.15) is 5.10 Å². The molecule has 9 nitrogen and oxygen atoms in total. The molecule has 5 aromatic rings. The van der Waals surface area contributed by atoms with E-state index in [1.807, 2.05) is 72.8 Å². The molecule has 0 saturated carbocycles. The number of aromatic nitrogens is 3. The van der Waals surface area contributed by atoms with Crippen LogP contribution in [0, 0.1) is 0 Å². The third-order valence-corrected chi connectivity index (χ3v) is 9.14. The van der Waals surface area contributed by atoms with E-state index in [1.165, 1.54) is 11.2 Å². The Bertz CT molecular complexity index is 1780. The number of carbonyl (C=O) groups excluding carboxylic acids is 2. The summed E-state index contributed by atoms with van der Waals surface area (Å²) < 4.78 is 13.0. The van der Waals surface area contributed by atoms with Crippen LogP contribution >= 0.6 is 11.8 Å². The van der Waals surface area contributed by atoms with Crippen molar-refractivity contribution in [2.24, 2.45) is 0 Å². The van der Waals surface area contributed by atoms with E-state index in [1.54, 1.807) is 36.0 Å². The van der Waals surface area contributed by atoms with Crippen LogP contribution < -0.4 is 0 Å². The summed E-state index contributed by atoms with van der Waals surface area (Å²) in [6.07, 6.45) is 1.25. The predicted octanol–water partition coefficient (Wildman–Crippen LogP) is 6.10. The lowest BCUT2D eigenvalue weighted by Gasteiger charge is -2.36. The zero-order valence-electron chi connectivity index (χ0n) is 24.2. The Morgan fingerprint density at radius 2 is 1.49 bits per heavy atom. The van der Waals surface area contributed by atoms with Crippen LogP contribution in [-0.4, -0.2) is 48.9 Å². The van der Waals surface area contributed by atoms with Crippen molar-refractivity contribution >= 4 is 23.6 Å². The number of hydrogen-bond acceptors (Lipinski definition) is 8. The van der Waals surface area contributed by atoms with Crippen molar-refractivity contribution in [2.45, 2.75) is 43.2 Å². The summed E-state index contributed by atoms with van der Waals surface area (Å²) in [5.74, 6) is 0.122. The molecule has 45 heavy (non-hydrogen) atoms. The molecule has 0 spiro atoms. The lowest BCUT2D eigenvalue weighted by molar-refractivity contribution is -0.245. The van der Waals surface area contributed by atoms with E-state index in [2.05, 4.69) is 15.2 Å². The maximum Gasteiger partial charge on any atom is 0.261 e. The number of rotatable bonds is 9. The second kappa shape index (κ2) is 12.8. The minimum absolute atomic E-state index is 0.0121. The molecule has 2 aliphatic heterocycles. The Morgan fingerprint density at radius 3 is 2.16 bits per heavy atom. The molecule has 1 saturated heterocycles. The van der Waals surface area contributed by atoms with E-state index in [9.17, 15) is 14.7 Å². The van der Waals surface area contributed by atoms with Gasteiger partial charge in [-0.1, -0.05) is 96.7 Å². The van der Waals surface area contributed by atoms with Crippen LogP contribution in [0.2, 0.25) is 0 Å². The number of aromatic amines is 1. The number of aliphatic hydroxyl groups excluding tert-OH is 1. The molecule has 1 aromatic heterocycles. The quantitative estimate of drug-likeness (QED) is 0.150. The van der Waals surface area contributed by atoms with Crippen LogP contribution in [0.3, 0.4) is 0 Å². The lowest BCUT2D eigenvalue weighted by Crippen LogP contribution is -2.31. The minimum Gasteiger partial charge on any atom is -0.392 e. The topological polar surface area (TPSA) is 118 Å². The molecule has 2 N–H and O–H groups in total. The van der Waals surface area contributed by atoms with Gasteiger partial charge < -0.3 is 14.6 Å². The van der Waals surface area contributed by atoms with E-state index in [-0.39, 0.29) is 37.2 Å². The summed E-state index contributed by atoms with van der Waals surface area (Å²) in [7, 11) is 0. The van der Waals surface area contributed by atoms with Gasteiger partial charge in [-0.15, -0.1) is 0 Å². The molecule has 0 bridgehead atoms. The molecular formula is C35H30N4O5S. The van der Waals surface area contributed by atoms with Crippen molar-refractivity contribution in [3.8, 4) is 11.1 Å². The number of nitrogens with one attached hydrogen (secondary N) is 1. The third kappa shape index (κ3) is 6.05. The normalized spacial score (nSPS) is 19.6. The van der Waals surface area contributed by atoms with Crippen LogP contribution in [-0.2, 0) is 22.6 Å². The van der Waals surface area contributed by atoms with Crippen molar-refractivity contribution in [3.63, 3.8) is 0 Å². The van der Waals surface area contributed by atoms with Crippen molar-refractivity contribution in [1.29, 1.82) is 0 Å². The molecule has 4 aromatic carbocycles. The predicted molar refractivity (Wildman–Crippen MR) is 168 cm³/mol. The van der Waals surface area contributed by atoms with Gasteiger partial charge in [-0.05, 0) is 39.9 Å². The van der Waals surface area contributed by atoms with Gasteiger partial charge in [0.1, 0.15) is 6.33 Å². The van der Waals surface area contributed by atoms with E-state index in [4.69, 9.17) is 9.47 Å². The smallest absolute Gasteiger partial charge is 0.261 e. The number of ether oxygens (including phenoxy) is 2. The number of carbonyl (C=O) groups is 2. The maximum absolute atomic E-state index is 13.0. The highest BCUT2D eigenvalue weighted by molar-refractivity contribution is 7.99. The highest BCUT2D eigenvalue weighted by atomic mass is 32.2. The van der Waals surface area contributed by atoms with E-state index in [0.29, 0.717) is 23.3 Å². The number of hydrogen-bond donors (Lipinski definition) is 2. The molecule has 3 heterocycles. The van der Waals surface area contributed by atoms with Gasteiger partial charge in [0, 0.05) is 17.7 Å². The van der Waals surface area contributed by atoms with E-state index in [0.717, 1.165) is 38.5 Å². The molecule has 3 atom stereocenters. The monoisotopic (exact) mass is 618 g/mol. The van der Waals surface area contributed by atoms with Crippen LogP contribution in [0.5, 0.6) is 0 Å². The molecule has 0 radical (unpaired) electrons. The second-order valence-electron chi connectivity index (χ2n) is 11.0. The highest BCUT2D eigenvalue weighted by Gasteiger charge is 2.36. The Balaban J connectivity index is 1.11. The maximum atomic E-state index is 13.0. The Hall–Kier alpha value is -4.61. The number of thioether (sulfide) groups is 1. The fraction of sp³-hybridized carbons (Fsp3) is 0.200. The summed E-state index contributed by atoms with van der Waals surface area (Å²) in [4.78, 5) is 31.6. The number of imide groups is 1. The number of benzene rings is 4. The van der Waals surface area contributed by atoms with Crippen LogP contribution in [0.25, 0.3) is 11.1 Å². The molecular weight excluding hydrogens is 588 g/mol. The summed E-state index contributed by atoms with van der Waals surface area (Å²) in [6.45, 7) is 0.169. The van der Waals surface area contributed by atoms with Crippen molar-refractivity contribution in [3.05, 3.63) is 137 Å². The number of H-pyrrole nitrogens is 1. The fourth-order valence-corrected chi connectivity index (χ4v) is 6.57. The summed E-state index contributed by atoms with van der Waals surface area (Å²) in [5, 5.41) is 17.0. The SMILES string of the molecule is O=C1c2ccccc2C(=O)N1Cc1ccccc1-c1ccc([C@@H]2O[C@H](CSc3ncn[nH]3)C[C@H](c3ccc(CO)cc3)O2)cc1. The number of aliphatic hydroxyl groups is 1. The first-order chi connectivity index (χ1) is 22.1. The lowest BCUT2D eigenvalue weighted by atomic mass is 9.97.